The summed E-state index contributed by atoms with van der Waals surface area (Å²) in [6.45, 7) is 3.20. The average Bonchev–Trinajstić information content (AvgIpc) is 1.85. The number of methoxy groups -OCH3 is 1. The van der Waals surface area contributed by atoms with Crippen molar-refractivity contribution in [2.45, 2.75) is 18.9 Å². The van der Waals surface area contributed by atoms with E-state index in [4.69, 9.17) is 21.1 Å². The summed E-state index contributed by atoms with van der Waals surface area (Å²) < 4.78 is 9.82. The van der Waals surface area contributed by atoms with Crippen molar-refractivity contribution in [3.8, 4) is 0 Å². The van der Waals surface area contributed by atoms with Crippen molar-refractivity contribution in [2.75, 3.05) is 20.3 Å². The third-order valence-electron chi connectivity index (χ3n) is 0.801. The predicted octanol–water partition coefficient (Wildman–Crippen LogP) is 1.62. The highest BCUT2D eigenvalue weighted by molar-refractivity contribution is 6.19. The molecule has 0 N–H and O–H groups in total. The van der Waals surface area contributed by atoms with Crippen molar-refractivity contribution < 1.29 is 9.47 Å². The van der Waals surface area contributed by atoms with Gasteiger partial charge in [-0.25, -0.2) is 0 Å². The molecule has 0 aliphatic rings. The number of hydrogen-bond donors (Lipinski definition) is 0. The number of ether oxygens (including phenoxy) is 2. The Bertz CT molecular complexity index is 59.0. The summed E-state index contributed by atoms with van der Waals surface area (Å²) in [5.74, 6) is 0. The Labute approximate surface area is 61.1 Å². The van der Waals surface area contributed by atoms with Gasteiger partial charge in [-0.3, -0.25) is 0 Å². The van der Waals surface area contributed by atoms with Crippen molar-refractivity contribution >= 4 is 11.6 Å². The van der Waals surface area contributed by atoms with Crippen LogP contribution in [0.5, 0.6) is 0 Å². The van der Waals surface area contributed by atoms with Crippen LogP contribution in [0, 0.1) is 0 Å². The summed E-state index contributed by atoms with van der Waals surface area (Å²) in [6.07, 6.45) is 0.993. The summed E-state index contributed by atoms with van der Waals surface area (Å²) in [4.78, 5) is 0. The number of rotatable bonds is 5. The maximum absolute atomic E-state index is 5.61. The van der Waals surface area contributed by atoms with Crippen LogP contribution < -0.4 is 0 Å². The van der Waals surface area contributed by atoms with Gasteiger partial charge in [-0.1, -0.05) is 18.5 Å². The molecule has 3 heteroatoms. The minimum atomic E-state index is -0.282. The van der Waals surface area contributed by atoms with Crippen LogP contribution in [0.2, 0.25) is 0 Å². The van der Waals surface area contributed by atoms with Crippen LogP contribution in [-0.4, -0.2) is 25.9 Å². The molecule has 0 rings (SSSR count). The molecule has 1 atom stereocenters. The average molecular weight is 153 g/mol. The molecule has 0 saturated carbocycles. The van der Waals surface area contributed by atoms with Gasteiger partial charge in [0.25, 0.3) is 0 Å². The van der Waals surface area contributed by atoms with Gasteiger partial charge in [-0.15, -0.1) is 0 Å². The van der Waals surface area contributed by atoms with Crippen molar-refractivity contribution in [2.24, 2.45) is 0 Å². The SMILES string of the molecule is CCCOC(Cl)COC. The lowest BCUT2D eigenvalue weighted by Gasteiger charge is -2.07. The molecule has 1 unspecified atom stereocenters. The molecule has 0 fully saturated rings. The zero-order valence-electron chi connectivity index (χ0n) is 5.89. The molecule has 0 radical (unpaired) electrons. The molecule has 0 aromatic carbocycles. The second-order valence-corrected chi connectivity index (χ2v) is 2.22. The normalized spacial score (nSPS) is 13.7. The van der Waals surface area contributed by atoms with Gasteiger partial charge >= 0.3 is 0 Å². The van der Waals surface area contributed by atoms with E-state index in [1.54, 1.807) is 7.11 Å². The molecule has 0 aliphatic heterocycles. The van der Waals surface area contributed by atoms with E-state index in [0.29, 0.717) is 13.2 Å². The van der Waals surface area contributed by atoms with Crippen LogP contribution in [-0.2, 0) is 9.47 Å². The van der Waals surface area contributed by atoms with Crippen LogP contribution in [0.1, 0.15) is 13.3 Å². The first-order chi connectivity index (χ1) is 4.31. The molecule has 9 heavy (non-hydrogen) atoms. The van der Waals surface area contributed by atoms with E-state index in [-0.39, 0.29) is 5.56 Å². The molecule has 0 heterocycles. The fourth-order valence-corrected chi connectivity index (χ4v) is 0.640. The minimum absolute atomic E-state index is 0.282. The molecular weight excluding hydrogens is 140 g/mol. The van der Waals surface area contributed by atoms with E-state index in [0.717, 1.165) is 6.42 Å². The maximum atomic E-state index is 5.61. The lowest BCUT2D eigenvalue weighted by atomic mass is 10.5. The van der Waals surface area contributed by atoms with Gasteiger partial charge in [0.05, 0.1) is 6.61 Å². The minimum Gasteiger partial charge on any atom is -0.381 e. The molecule has 0 bridgehead atoms. The van der Waals surface area contributed by atoms with E-state index >= 15 is 0 Å². The molecule has 0 amide bonds. The van der Waals surface area contributed by atoms with Gasteiger partial charge < -0.3 is 9.47 Å². The zero-order chi connectivity index (χ0) is 7.11. The fourth-order valence-electron chi connectivity index (χ4n) is 0.425. The second kappa shape index (κ2) is 6.33. The molecule has 0 aromatic rings. The molecule has 0 aromatic heterocycles. The number of halogens is 1. The third-order valence-corrected chi connectivity index (χ3v) is 1.05. The maximum Gasteiger partial charge on any atom is 0.154 e. The highest BCUT2D eigenvalue weighted by atomic mass is 35.5. The van der Waals surface area contributed by atoms with Gasteiger partial charge in [0, 0.05) is 13.7 Å². The Morgan fingerprint density at radius 2 is 2.22 bits per heavy atom. The van der Waals surface area contributed by atoms with Crippen LogP contribution in [0.3, 0.4) is 0 Å². The van der Waals surface area contributed by atoms with Gasteiger partial charge in [-0.2, -0.15) is 0 Å². The Balaban J connectivity index is 2.95. The Morgan fingerprint density at radius 3 is 2.67 bits per heavy atom. The summed E-state index contributed by atoms with van der Waals surface area (Å²) >= 11 is 5.61. The Kier molecular flexibility index (Phi) is 6.48. The fraction of sp³-hybridized carbons (Fsp3) is 1.00. The molecule has 0 spiro atoms. The van der Waals surface area contributed by atoms with E-state index in [9.17, 15) is 0 Å². The van der Waals surface area contributed by atoms with Crippen molar-refractivity contribution in [1.29, 1.82) is 0 Å². The topological polar surface area (TPSA) is 18.5 Å². The first kappa shape index (κ1) is 9.21. The van der Waals surface area contributed by atoms with Crippen LogP contribution in [0.15, 0.2) is 0 Å². The van der Waals surface area contributed by atoms with Crippen molar-refractivity contribution in [3.05, 3.63) is 0 Å². The largest absolute Gasteiger partial charge is 0.381 e. The van der Waals surface area contributed by atoms with E-state index in [1.807, 2.05) is 6.92 Å². The molecular formula is C6H13ClO2. The third kappa shape index (κ3) is 6.09. The van der Waals surface area contributed by atoms with E-state index in [2.05, 4.69) is 0 Å². The zero-order valence-corrected chi connectivity index (χ0v) is 6.65. The van der Waals surface area contributed by atoms with Crippen LogP contribution in [0.25, 0.3) is 0 Å². The number of alkyl halides is 1. The van der Waals surface area contributed by atoms with Crippen LogP contribution in [0.4, 0.5) is 0 Å². The number of hydrogen-bond acceptors (Lipinski definition) is 2. The molecule has 0 aliphatic carbocycles. The van der Waals surface area contributed by atoms with Crippen LogP contribution >= 0.6 is 11.6 Å². The van der Waals surface area contributed by atoms with Crippen molar-refractivity contribution in [1.82, 2.24) is 0 Å². The monoisotopic (exact) mass is 152 g/mol. The van der Waals surface area contributed by atoms with Gasteiger partial charge in [0.1, 0.15) is 0 Å². The van der Waals surface area contributed by atoms with E-state index in [1.165, 1.54) is 0 Å². The van der Waals surface area contributed by atoms with Gasteiger partial charge in [0.2, 0.25) is 0 Å². The summed E-state index contributed by atoms with van der Waals surface area (Å²) in [7, 11) is 1.60. The lowest BCUT2D eigenvalue weighted by molar-refractivity contribution is 0.0452. The summed E-state index contributed by atoms with van der Waals surface area (Å²) in [6, 6.07) is 0. The Morgan fingerprint density at radius 1 is 1.56 bits per heavy atom. The summed E-state index contributed by atoms with van der Waals surface area (Å²) in [5, 5.41) is 0. The predicted molar refractivity (Wildman–Crippen MR) is 37.8 cm³/mol. The quantitative estimate of drug-likeness (QED) is 0.558. The first-order valence-corrected chi connectivity index (χ1v) is 3.49. The summed E-state index contributed by atoms with van der Waals surface area (Å²) in [5.41, 5.74) is -0.282. The van der Waals surface area contributed by atoms with Gasteiger partial charge in [0.15, 0.2) is 5.56 Å². The first-order valence-electron chi connectivity index (χ1n) is 3.05. The molecule has 56 valence electrons. The highest BCUT2D eigenvalue weighted by Crippen LogP contribution is 1.98. The Hall–Kier alpha value is 0.210. The lowest BCUT2D eigenvalue weighted by Crippen LogP contribution is -2.12. The standard InChI is InChI=1S/C6H13ClO2/c1-3-4-9-6(7)5-8-2/h6H,3-5H2,1-2H3. The molecule has 2 nitrogen and oxygen atoms in total. The molecule has 0 saturated heterocycles. The second-order valence-electron chi connectivity index (χ2n) is 1.74. The van der Waals surface area contributed by atoms with Gasteiger partial charge in [-0.05, 0) is 6.42 Å². The smallest absolute Gasteiger partial charge is 0.154 e. The highest BCUT2D eigenvalue weighted by Gasteiger charge is 2.00. The van der Waals surface area contributed by atoms with E-state index < -0.39 is 0 Å². The van der Waals surface area contributed by atoms with Crippen molar-refractivity contribution in [3.63, 3.8) is 0 Å².